The van der Waals surface area contributed by atoms with Crippen molar-refractivity contribution in [2.75, 3.05) is 5.73 Å². The van der Waals surface area contributed by atoms with E-state index in [1.165, 1.54) is 12.1 Å². The zero-order valence-electron chi connectivity index (χ0n) is 10.1. The molecule has 4 N–H and O–H groups in total. The predicted octanol–water partition coefficient (Wildman–Crippen LogP) is 1.46. The van der Waals surface area contributed by atoms with Gasteiger partial charge < -0.3 is 11.5 Å². The van der Waals surface area contributed by atoms with Crippen molar-refractivity contribution >= 4 is 15.5 Å². The molecular weight excluding hydrogens is 248 g/mol. The van der Waals surface area contributed by atoms with Gasteiger partial charge in [0.1, 0.15) is 0 Å². The number of rotatable bonds is 2. The zero-order valence-corrected chi connectivity index (χ0v) is 10.9. The van der Waals surface area contributed by atoms with Crippen molar-refractivity contribution in [2.24, 2.45) is 11.7 Å². The van der Waals surface area contributed by atoms with Crippen LogP contribution in [0.5, 0.6) is 0 Å². The Kier molecular flexibility index (Phi) is 3.17. The predicted molar refractivity (Wildman–Crippen MR) is 72.4 cm³/mol. The van der Waals surface area contributed by atoms with Crippen molar-refractivity contribution in [3.05, 3.63) is 48.2 Å². The highest BCUT2D eigenvalue weighted by Crippen LogP contribution is 2.27. The lowest BCUT2D eigenvalue weighted by Crippen LogP contribution is -2.28. The number of anilines is 1. The summed E-state index contributed by atoms with van der Waals surface area (Å²) >= 11 is 0. The van der Waals surface area contributed by atoms with E-state index in [1.807, 2.05) is 6.92 Å². The maximum Gasteiger partial charge on any atom is 0.185 e. The first-order valence-corrected chi connectivity index (χ1v) is 7.21. The second kappa shape index (κ2) is 4.49. The minimum atomic E-state index is -3.39. The topological polar surface area (TPSA) is 86.2 Å². The van der Waals surface area contributed by atoms with E-state index in [1.54, 1.807) is 30.4 Å². The molecule has 0 amide bonds. The molecule has 0 spiro atoms. The van der Waals surface area contributed by atoms with Crippen molar-refractivity contribution in [2.45, 2.75) is 17.1 Å². The summed E-state index contributed by atoms with van der Waals surface area (Å²) in [7, 11) is -3.39. The Morgan fingerprint density at radius 3 is 2.28 bits per heavy atom. The van der Waals surface area contributed by atoms with Crippen molar-refractivity contribution in [3.63, 3.8) is 0 Å². The van der Waals surface area contributed by atoms with Gasteiger partial charge in [0.15, 0.2) is 9.84 Å². The first kappa shape index (κ1) is 12.7. The highest BCUT2D eigenvalue weighted by molar-refractivity contribution is 7.92. The van der Waals surface area contributed by atoms with E-state index < -0.39 is 15.1 Å². The Bertz CT molecular complexity index is 600. The Morgan fingerprint density at radius 2 is 1.72 bits per heavy atom. The van der Waals surface area contributed by atoms with E-state index in [2.05, 4.69) is 0 Å². The van der Waals surface area contributed by atoms with E-state index in [-0.39, 0.29) is 10.8 Å². The largest absolute Gasteiger partial charge is 0.399 e. The molecule has 0 saturated heterocycles. The average Bonchev–Trinajstić information content (AvgIpc) is 2.29. The lowest BCUT2D eigenvalue weighted by Gasteiger charge is -2.22. The molecule has 0 heterocycles. The number of hydrogen-bond donors (Lipinski definition) is 2. The molecule has 2 rings (SSSR count). The molecule has 0 aromatic heterocycles. The molecule has 0 aliphatic heterocycles. The van der Waals surface area contributed by atoms with E-state index >= 15 is 0 Å². The summed E-state index contributed by atoms with van der Waals surface area (Å²) in [5.41, 5.74) is 12.4. The SMILES string of the molecule is CC1C=C(N)C=CC1S(=O)(=O)c1ccc(N)cc1. The fourth-order valence-corrected chi connectivity index (χ4v) is 3.79. The molecule has 5 heteroatoms. The van der Waals surface area contributed by atoms with Crippen molar-refractivity contribution < 1.29 is 8.42 Å². The summed E-state index contributed by atoms with van der Waals surface area (Å²) in [6.07, 6.45) is 5.05. The fourth-order valence-electron chi connectivity index (χ4n) is 2.04. The summed E-state index contributed by atoms with van der Waals surface area (Å²) in [6, 6.07) is 6.25. The van der Waals surface area contributed by atoms with Crippen LogP contribution < -0.4 is 11.5 Å². The van der Waals surface area contributed by atoms with Crippen LogP contribution in [-0.2, 0) is 9.84 Å². The second-order valence-corrected chi connectivity index (χ2v) is 6.57. The highest BCUT2D eigenvalue weighted by atomic mass is 32.2. The Morgan fingerprint density at radius 1 is 1.11 bits per heavy atom. The molecule has 0 bridgehead atoms. The minimum Gasteiger partial charge on any atom is -0.399 e. The van der Waals surface area contributed by atoms with Crippen LogP contribution in [-0.4, -0.2) is 13.7 Å². The summed E-state index contributed by atoms with van der Waals surface area (Å²) < 4.78 is 24.9. The zero-order chi connectivity index (χ0) is 13.3. The number of hydrogen-bond acceptors (Lipinski definition) is 4. The Balaban J connectivity index is 2.38. The molecule has 0 fully saturated rings. The second-order valence-electron chi connectivity index (χ2n) is 4.46. The minimum absolute atomic E-state index is 0.141. The third-order valence-corrected chi connectivity index (χ3v) is 5.25. The molecule has 1 aromatic rings. The van der Waals surface area contributed by atoms with Crippen LogP contribution in [0.15, 0.2) is 53.1 Å². The first-order chi connectivity index (χ1) is 8.41. The third-order valence-electron chi connectivity index (χ3n) is 3.02. The smallest absolute Gasteiger partial charge is 0.185 e. The number of sulfone groups is 1. The van der Waals surface area contributed by atoms with E-state index in [9.17, 15) is 8.42 Å². The molecule has 0 saturated carbocycles. The van der Waals surface area contributed by atoms with Crippen molar-refractivity contribution in [1.82, 2.24) is 0 Å². The van der Waals surface area contributed by atoms with Gasteiger partial charge in [-0.3, -0.25) is 0 Å². The van der Waals surface area contributed by atoms with Gasteiger partial charge in [-0.15, -0.1) is 0 Å². The molecule has 1 aliphatic carbocycles. The molecule has 96 valence electrons. The third kappa shape index (κ3) is 2.26. The van der Waals surface area contributed by atoms with E-state index in [0.29, 0.717) is 11.4 Å². The number of nitrogen functional groups attached to an aromatic ring is 1. The summed E-state index contributed by atoms with van der Waals surface area (Å²) in [6.45, 7) is 1.84. The lowest BCUT2D eigenvalue weighted by atomic mass is 10.0. The van der Waals surface area contributed by atoms with Gasteiger partial charge in [-0.05, 0) is 36.3 Å². The van der Waals surface area contributed by atoms with E-state index in [0.717, 1.165) is 0 Å². The monoisotopic (exact) mass is 264 g/mol. The Hall–Kier alpha value is -1.75. The lowest BCUT2D eigenvalue weighted by molar-refractivity contribution is 0.571. The summed E-state index contributed by atoms with van der Waals surface area (Å²) in [4.78, 5) is 0.284. The molecule has 4 nitrogen and oxygen atoms in total. The fraction of sp³-hybridized carbons (Fsp3) is 0.231. The van der Waals surface area contributed by atoms with Crippen molar-refractivity contribution in [1.29, 1.82) is 0 Å². The first-order valence-electron chi connectivity index (χ1n) is 5.66. The van der Waals surface area contributed by atoms with Crippen LogP contribution in [0.2, 0.25) is 0 Å². The van der Waals surface area contributed by atoms with E-state index in [4.69, 9.17) is 11.5 Å². The summed E-state index contributed by atoms with van der Waals surface area (Å²) in [5, 5.41) is -0.576. The van der Waals surface area contributed by atoms with Crippen LogP contribution >= 0.6 is 0 Å². The molecular formula is C13H16N2O2S. The summed E-state index contributed by atoms with van der Waals surface area (Å²) in [5.74, 6) is -0.141. The molecule has 18 heavy (non-hydrogen) atoms. The number of nitrogens with two attached hydrogens (primary N) is 2. The van der Waals surface area contributed by atoms with Gasteiger partial charge in [-0.1, -0.05) is 19.1 Å². The van der Waals surface area contributed by atoms with Crippen LogP contribution in [0, 0.1) is 5.92 Å². The van der Waals surface area contributed by atoms with Crippen LogP contribution in [0.1, 0.15) is 6.92 Å². The normalized spacial score (nSPS) is 23.7. The molecule has 2 unspecified atom stereocenters. The standard InChI is InChI=1S/C13H16N2O2S/c1-9-8-11(15)4-7-13(9)18(16,17)12-5-2-10(14)3-6-12/h2-9,13H,14-15H2,1H3. The van der Waals surface area contributed by atoms with Crippen LogP contribution in [0.3, 0.4) is 0 Å². The van der Waals surface area contributed by atoms with Crippen LogP contribution in [0.4, 0.5) is 5.69 Å². The van der Waals surface area contributed by atoms with Crippen molar-refractivity contribution in [3.8, 4) is 0 Å². The molecule has 2 atom stereocenters. The average molecular weight is 264 g/mol. The maximum atomic E-state index is 12.5. The molecule has 0 radical (unpaired) electrons. The number of benzene rings is 1. The van der Waals surface area contributed by atoms with Crippen LogP contribution in [0.25, 0.3) is 0 Å². The quantitative estimate of drug-likeness (QED) is 0.792. The van der Waals surface area contributed by atoms with Gasteiger partial charge >= 0.3 is 0 Å². The Labute approximate surface area is 107 Å². The van der Waals surface area contributed by atoms with Gasteiger partial charge in [-0.25, -0.2) is 8.42 Å². The number of allylic oxidation sites excluding steroid dienone is 2. The highest BCUT2D eigenvalue weighted by Gasteiger charge is 2.30. The van der Waals surface area contributed by atoms with Gasteiger partial charge in [0.05, 0.1) is 10.1 Å². The molecule has 1 aliphatic rings. The van der Waals surface area contributed by atoms with Gasteiger partial charge in [0.2, 0.25) is 0 Å². The maximum absolute atomic E-state index is 12.5. The molecule has 1 aromatic carbocycles. The van der Waals surface area contributed by atoms with Gasteiger partial charge in [0, 0.05) is 11.4 Å². The van der Waals surface area contributed by atoms with Gasteiger partial charge in [0.25, 0.3) is 0 Å². The van der Waals surface area contributed by atoms with Gasteiger partial charge in [-0.2, -0.15) is 0 Å².